The lowest BCUT2D eigenvalue weighted by Crippen LogP contribution is -2.18. The van der Waals surface area contributed by atoms with Crippen molar-refractivity contribution in [2.75, 3.05) is 13.7 Å². The van der Waals surface area contributed by atoms with Gasteiger partial charge in [0, 0.05) is 40.3 Å². The topological polar surface area (TPSA) is 51.2 Å². The summed E-state index contributed by atoms with van der Waals surface area (Å²) in [6.07, 6.45) is 2.20. The van der Waals surface area contributed by atoms with Crippen LogP contribution in [-0.2, 0) is 22.5 Å². The summed E-state index contributed by atoms with van der Waals surface area (Å²) in [5.74, 6) is 0.230. The molecule has 1 N–H and O–H groups in total. The normalized spacial score (nSPS) is 12.3. The molecule has 0 aliphatic carbocycles. The molecule has 20 heavy (non-hydrogen) atoms. The van der Waals surface area contributed by atoms with Crippen molar-refractivity contribution in [3.63, 3.8) is 0 Å². The van der Waals surface area contributed by atoms with Crippen molar-refractivity contribution in [1.82, 2.24) is 10.3 Å². The molecule has 0 aromatic carbocycles. The molecule has 4 nitrogen and oxygen atoms in total. The van der Waals surface area contributed by atoms with Gasteiger partial charge in [0.05, 0.1) is 18.5 Å². The first kappa shape index (κ1) is 15.2. The lowest BCUT2D eigenvalue weighted by molar-refractivity contribution is -0.139. The molecule has 108 valence electrons. The van der Waals surface area contributed by atoms with Crippen LogP contribution in [0.1, 0.15) is 27.6 Å². The van der Waals surface area contributed by atoms with Crippen LogP contribution in [0.25, 0.3) is 0 Å². The summed E-state index contributed by atoms with van der Waals surface area (Å²) in [5.41, 5.74) is 0. The third-order valence-electron chi connectivity index (χ3n) is 2.89. The largest absolute Gasteiger partial charge is 0.469 e. The zero-order valence-electron chi connectivity index (χ0n) is 11.6. The number of nitrogens with one attached hydrogen (secondary N) is 1. The van der Waals surface area contributed by atoms with Gasteiger partial charge in [0.2, 0.25) is 0 Å². The molecule has 0 aliphatic rings. The van der Waals surface area contributed by atoms with Crippen LogP contribution in [0.15, 0.2) is 23.7 Å². The molecule has 0 spiro atoms. The molecule has 0 saturated carbocycles. The Labute approximate surface area is 126 Å². The van der Waals surface area contributed by atoms with Crippen molar-refractivity contribution >= 4 is 28.6 Å². The lowest BCUT2D eigenvalue weighted by Gasteiger charge is -2.08. The predicted octanol–water partition coefficient (Wildman–Crippen LogP) is 2.81. The molecule has 2 heterocycles. The lowest BCUT2D eigenvalue weighted by atomic mass is 10.2. The summed E-state index contributed by atoms with van der Waals surface area (Å²) in [4.78, 5) is 17.8. The fourth-order valence-electron chi connectivity index (χ4n) is 1.80. The van der Waals surface area contributed by atoms with Crippen LogP contribution >= 0.6 is 22.7 Å². The minimum Gasteiger partial charge on any atom is -0.469 e. The van der Waals surface area contributed by atoms with Gasteiger partial charge in [-0.2, -0.15) is 0 Å². The van der Waals surface area contributed by atoms with Crippen LogP contribution in [0.5, 0.6) is 0 Å². The maximum Gasteiger partial charge on any atom is 0.310 e. The second kappa shape index (κ2) is 7.52. The van der Waals surface area contributed by atoms with Crippen molar-refractivity contribution in [2.24, 2.45) is 0 Å². The van der Waals surface area contributed by atoms with Gasteiger partial charge in [-0.25, -0.2) is 4.98 Å². The molecule has 6 heteroatoms. The molecule has 0 bridgehead atoms. The number of methoxy groups -OCH3 is 1. The first-order chi connectivity index (χ1) is 9.69. The average Bonchev–Trinajstić information content (AvgIpc) is 3.10. The fourth-order valence-corrected chi connectivity index (χ4v) is 3.48. The number of thiazole rings is 1. The van der Waals surface area contributed by atoms with E-state index in [1.165, 1.54) is 12.0 Å². The van der Waals surface area contributed by atoms with E-state index in [1.54, 1.807) is 22.7 Å². The third-order valence-corrected chi connectivity index (χ3v) is 4.98. The summed E-state index contributed by atoms with van der Waals surface area (Å²) in [5, 5.41) is 6.60. The third kappa shape index (κ3) is 4.40. The highest BCUT2D eigenvalue weighted by Gasteiger charge is 2.09. The highest BCUT2D eigenvalue weighted by Crippen LogP contribution is 2.19. The van der Waals surface area contributed by atoms with Crippen LogP contribution in [0.3, 0.4) is 0 Å². The molecule has 0 amide bonds. The quantitative estimate of drug-likeness (QED) is 0.799. The van der Waals surface area contributed by atoms with Gasteiger partial charge >= 0.3 is 5.97 Å². The molecule has 2 aromatic rings. The Hall–Kier alpha value is -1.24. The van der Waals surface area contributed by atoms with Gasteiger partial charge in [-0.3, -0.25) is 4.79 Å². The van der Waals surface area contributed by atoms with E-state index in [9.17, 15) is 4.79 Å². The molecule has 1 unspecified atom stereocenters. The minimum atomic E-state index is -0.191. The van der Waals surface area contributed by atoms with Gasteiger partial charge in [-0.1, -0.05) is 6.92 Å². The Morgan fingerprint density at radius 1 is 1.45 bits per heavy atom. The number of hydrogen-bond acceptors (Lipinski definition) is 6. The highest BCUT2D eigenvalue weighted by molar-refractivity contribution is 7.12. The molecule has 2 rings (SSSR count). The molecule has 1 atom stereocenters. The molecule has 0 radical (unpaired) electrons. The van der Waals surface area contributed by atoms with Gasteiger partial charge < -0.3 is 10.1 Å². The summed E-state index contributed by atoms with van der Waals surface area (Å²) in [6.45, 7) is 3.89. The average molecular weight is 310 g/mol. The molecular weight excluding hydrogens is 292 g/mol. The van der Waals surface area contributed by atoms with Crippen molar-refractivity contribution in [1.29, 1.82) is 0 Å². The Morgan fingerprint density at radius 2 is 2.25 bits per heavy atom. The highest BCUT2D eigenvalue weighted by atomic mass is 32.1. The first-order valence-electron chi connectivity index (χ1n) is 6.43. The molecule has 0 aliphatic heterocycles. The van der Waals surface area contributed by atoms with Gasteiger partial charge in [0.15, 0.2) is 0 Å². The molecule has 0 fully saturated rings. The van der Waals surface area contributed by atoms with Crippen LogP contribution in [0.4, 0.5) is 0 Å². The van der Waals surface area contributed by atoms with E-state index in [2.05, 4.69) is 28.0 Å². The number of hydrogen-bond donors (Lipinski definition) is 1. The van der Waals surface area contributed by atoms with Crippen LogP contribution in [-0.4, -0.2) is 24.6 Å². The monoisotopic (exact) mass is 310 g/mol. The number of nitrogens with zero attached hydrogens (tertiary/aromatic N) is 1. The van der Waals surface area contributed by atoms with Crippen molar-refractivity contribution in [3.05, 3.63) is 38.5 Å². The van der Waals surface area contributed by atoms with Gasteiger partial charge in [-0.15, -0.1) is 22.7 Å². The minimum absolute atomic E-state index is 0.191. The molecular formula is C14H18N2O2S2. The maximum absolute atomic E-state index is 11.2. The summed E-state index contributed by atoms with van der Waals surface area (Å²) < 4.78 is 4.66. The number of esters is 1. The van der Waals surface area contributed by atoms with Crippen LogP contribution in [0, 0.1) is 0 Å². The van der Waals surface area contributed by atoms with E-state index in [0.717, 1.165) is 23.0 Å². The van der Waals surface area contributed by atoms with Gasteiger partial charge in [0.1, 0.15) is 0 Å². The smallest absolute Gasteiger partial charge is 0.310 e. The second-order valence-electron chi connectivity index (χ2n) is 4.52. The van der Waals surface area contributed by atoms with Crippen molar-refractivity contribution < 1.29 is 9.53 Å². The zero-order chi connectivity index (χ0) is 14.4. The Kier molecular flexibility index (Phi) is 5.70. The maximum atomic E-state index is 11.2. The van der Waals surface area contributed by atoms with E-state index in [4.69, 9.17) is 0 Å². The summed E-state index contributed by atoms with van der Waals surface area (Å²) in [7, 11) is 1.42. The number of aromatic nitrogens is 1. The molecule has 2 aromatic heterocycles. The Morgan fingerprint density at radius 3 is 2.95 bits per heavy atom. The fraction of sp³-hybridized carbons (Fsp3) is 0.429. The van der Waals surface area contributed by atoms with E-state index in [1.807, 2.05) is 17.6 Å². The van der Waals surface area contributed by atoms with E-state index < -0.39 is 0 Å². The van der Waals surface area contributed by atoms with Gasteiger partial charge in [0.25, 0.3) is 0 Å². The number of thiophene rings is 1. The predicted molar refractivity (Wildman–Crippen MR) is 82.3 cm³/mol. The van der Waals surface area contributed by atoms with E-state index >= 15 is 0 Å². The van der Waals surface area contributed by atoms with Crippen molar-refractivity contribution in [3.8, 4) is 0 Å². The summed E-state index contributed by atoms with van der Waals surface area (Å²) in [6, 6.07) is 4.05. The molecule has 0 saturated heterocycles. The number of ether oxygens (including phenoxy) is 1. The Balaban J connectivity index is 1.75. The zero-order valence-corrected chi connectivity index (χ0v) is 13.2. The first-order valence-corrected chi connectivity index (χ1v) is 8.13. The SMILES string of the molecule is COC(=O)Cc1ccc(CNCC(C)c2nccs2)s1. The number of rotatable bonds is 7. The number of carbonyl (C=O) groups is 1. The summed E-state index contributed by atoms with van der Waals surface area (Å²) >= 11 is 3.34. The van der Waals surface area contributed by atoms with Crippen molar-refractivity contribution in [2.45, 2.75) is 25.8 Å². The standard InChI is InChI=1S/C14H18N2O2S2/c1-10(14-16-5-6-19-14)8-15-9-12-4-3-11(20-12)7-13(17)18-2/h3-6,10,15H,7-9H2,1-2H3. The van der Waals surface area contributed by atoms with Crippen LogP contribution < -0.4 is 5.32 Å². The van der Waals surface area contributed by atoms with Gasteiger partial charge in [-0.05, 0) is 12.1 Å². The number of carbonyl (C=O) groups excluding carboxylic acids is 1. The second-order valence-corrected chi connectivity index (χ2v) is 6.70. The van der Waals surface area contributed by atoms with E-state index in [0.29, 0.717) is 12.3 Å². The van der Waals surface area contributed by atoms with E-state index in [-0.39, 0.29) is 5.97 Å². The van der Waals surface area contributed by atoms with Crippen LogP contribution in [0.2, 0.25) is 0 Å². The Bertz CT molecular complexity index is 537.